The zero-order chi connectivity index (χ0) is 12.6. The minimum atomic E-state index is 0. The molecule has 0 nitrogen and oxygen atoms in total. The van der Waals surface area contributed by atoms with E-state index in [-0.39, 0.29) is 50.7 Å². The van der Waals surface area contributed by atoms with E-state index in [2.05, 4.69) is 58.9 Å². The van der Waals surface area contributed by atoms with Crippen molar-refractivity contribution < 1.29 is 50.7 Å². The van der Waals surface area contributed by atoms with Crippen LogP contribution in [0.1, 0.15) is 63.1 Å². The van der Waals surface area contributed by atoms with Crippen LogP contribution in [0.5, 0.6) is 0 Å². The standard InChI is InChI=1S/C17H23.2ClH.Hf/c1-6-13-7-15-9-14(11(2)3)10-16(12(4)5)17(15)8-13;;;/h7-12H,6H2,1-5H3;2*1H;/q-1;;;/p-2. The monoisotopic (exact) mass is 477 g/mol. The Morgan fingerprint density at radius 3 is 2.00 bits per heavy atom. The second-order valence-corrected chi connectivity index (χ2v) is 5.64. The molecule has 0 aliphatic carbocycles. The number of hydrogen-bond acceptors (Lipinski definition) is 0. The molecule has 0 fully saturated rings. The first-order chi connectivity index (χ1) is 8.02. The van der Waals surface area contributed by atoms with Gasteiger partial charge in [0.05, 0.1) is 0 Å². The van der Waals surface area contributed by atoms with Gasteiger partial charge in [-0.2, -0.15) is 6.07 Å². The Balaban J connectivity index is 0. The van der Waals surface area contributed by atoms with Gasteiger partial charge in [-0.1, -0.05) is 51.8 Å². The molecule has 2 aromatic carbocycles. The van der Waals surface area contributed by atoms with Crippen LogP contribution >= 0.6 is 0 Å². The summed E-state index contributed by atoms with van der Waals surface area (Å²) < 4.78 is 0. The van der Waals surface area contributed by atoms with Crippen LogP contribution in [0.15, 0.2) is 24.3 Å². The number of benzene rings is 1. The summed E-state index contributed by atoms with van der Waals surface area (Å²) in [6, 6.07) is 9.49. The van der Waals surface area contributed by atoms with Crippen LogP contribution in [0, 0.1) is 0 Å². The van der Waals surface area contributed by atoms with Gasteiger partial charge in [-0.15, -0.1) is 28.5 Å². The van der Waals surface area contributed by atoms with Crippen molar-refractivity contribution in [2.45, 2.75) is 52.9 Å². The third kappa shape index (κ3) is 4.65. The first kappa shape index (κ1) is 22.6. The Kier molecular flexibility index (Phi) is 10.5. The van der Waals surface area contributed by atoms with E-state index in [1.807, 2.05) is 0 Å². The van der Waals surface area contributed by atoms with Gasteiger partial charge in [0, 0.05) is 25.8 Å². The molecule has 112 valence electrons. The molecular weight excluding hydrogens is 454 g/mol. The summed E-state index contributed by atoms with van der Waals surface area (Å²) in [6.07, 6.45) is 1.13. The first-order valence-corrected chi connectivity index (χ1v) is 6.76. The van der Waals surface area contributed by atoms with Crippen LogP contribution in [0.25, 0.3) is 10.8 Å². The minimum Gasteiger partial charge on any atom is -1.00 e. The van der Waals surface area contributed by atoms with Crippen molar-refractivity contribution in [2.75, 3.05) is 0 Å². The van der Waals surface area contributed by atoms with E-state index in [0.29, 0.717) is 11.8 Å². The summed E-state index contributed by atoms with van der Waals surface area (Å²) in [6.45, 7) is 11.4. The average molecular weight is 477 g/mol. The quantitative estimate of drug-likeness (QED) is 0.409. The predicted molar refractivity (Wildman–Crippen MR) is 77.1 cm³/mol. The van der Waals surface area contributed by atoms with Crippen molar-refractivity contribution in [3.05, 3.63) is 41.0 Å². The Hall–Kier alpha value is 0.280. The molecule has 0 heterocycles. The SMILES string of the molecule is CCc1cc2c(C(C)C)cc(C(C)C)cc2[cH-]1.[Cl-].[Cl-].[Hf]. The summed E-state index contributed by atoms with van der Waals surface area (Å²) in [5, 5.41) is 2.89. The smallest absolute Gasteiger partial charge is 0 e. The summed E-state index contributed by atoms with van der Waals surface area (Å²) in [5.74, 6) is 1.21. The molecule has 0 unspecified atom stereocenters. The van der Waals surface area contributed by atoms with Crippen molar-refractivity contribution in [3.63, 3.8) is 0 Å². The van der Waals surface area contributed by atoms with Gasteiger partial charge in [-0.25, -0.2) is 0 Å². The molecule has 0 aliphatic heterocycles. The molecule has 0 bridgehead atoms. The van der Waals surface area contributed by atoms with Gasteiger partial charge >= 0.3 is 0 Å². The van der Waals surface area contributed by atoms with E-state index in [9.17, 15) is 0 Å². The number of hydrogen-bond donors (Lipinski definition) is 0. The number of halogens is 2. The van der Waals surface area contributed by atoms with Crippen LogP contribution < -0.4 is 24.8 Å². The van der Waals surface area contributed by atoms with Gasteiger partial charge in [-0.05, 0) is 18.3 Å². The molecule has 20 heavy (non-hydrogen) atoms. The summed E-state index contributed by atoms with van der Waals surface area (Å²) >= 11 is 0. The molecule has 0 aromatic heterocycles. The van der Waals surface area contributed by atoms with Crippen molar-refractivity contribution in [2.24, 2.45) is 0 Å². The maximum atomic E-state index is 2.40. The van der Waals surface area contributed by atoms with Crippen LogP contribution in [-0.4, -0.2) is 0 Å². The number of rotatable bonds is 3. The molecule has 0 spiro atoms. The zero-order valence-electron chi connectivity index (χ0n) is 12.9. The molecule has 0 amide bonds. The molecule has 0 atom stereocenters. The van der Waals surface area contributed by atoms with Crippen LogP contribution in [0.4, 0.5) is 0 Å². The fraction of sp³-hybridized carbons (Fsp3) is 0.471. The third-order valence-corrected chi connectivity index (χ3v) is 3.63. The summed E-state index contributed by atoms with van der Waals surface area (Å²) in [4.78, 5) is 0. The van der Waals surface area contributed by atoms with Crippen LogP contribution in [0.2, 0.25) is 0 Å². The van der Waals surface area contributed by atoms with Crippen molar-refractivity contribution in [1.29, 1.82) is 0 Å². The van der Waals surface area contributed by atoms with Gasteiger partial charge in [0.1, 0.15) is 0 Å². The van der Waals surface area contributed by atoms with E-state index in [1.54, 1.807) is 0 Å². The van der Waals surface area contributed by atoms with Gasteiger partial charge in [0.25, 0.3) is 0 Å². The van der Waals surface area contributed by atoms with E-state index < -0.39 is 0 Å². The van der Waals surface area contributed by atoms with E-state index in [0.717, 1.165) is 6.42 Å². The van der Waals surface area contributed by atoms with Gasteiger partial charge < -0.3 is 24.8 Å². The Bertz CT molecular complexity index is 527. The molecule has 0 aliphatic rings. The largest absolute Gasteiger partial charge is 1.00 e. The molecule has 0 radical (unpaired) electrons. The number of fused-ring (bicyclic) bond motifs is 1. The fourth-order valence-electron chi connectivity index (χ4n) is 2.45. The van der Waals surface area contributed by atoms with Crippen LogP contribution in [0.3, 0.4) is 0 Å². The van der Waals surface area contributed by atoms with E-state index >= 15 is 0 Å². The molecule has 2 rings (SSSR count). The normalized spacial score (nSPS) is 10.2. The van der Waals surface area contributed by atoms with Gasteiger partial charge in [0.15, 0.2) is 0 Å². The first-order valence-electron chi connectivity index (χ1n) is 6.76. The number of aryl methyl sites for hydroxylation is 1. The Morgan fingerprint density at radius 1 is 0.950 bits per heavy atom. The molecule has 0 saturated heterocycles. The summed E-state index contributed by atoms with van der Waals surface area (Å²) in [7, 11) is 0. The van der Waals surface area contributed by atoms with Gasteiger partial charge in [0.2, 0.25) is 0 Å². The predicted octanol–water partition coefficient (Wildman–Crippen LogP) is -0.627. The second-order valence-electron chi connectivity index (χ2n) is 5.64. The van der Waals surface area contributed by atoms with E-state index in [4.69, 9.17) is 0 Å². The zero-order valence-corrected chi connectivity index (χ0v) is 18.0. The Morgan fingerprint density at radius 2 is 1.55 bits per heavy atom. The molecule has 0 saturated carbocycles. The van der Waals surface area contributed by atoms with Crippen molar-refractivity contribution >= 4 is 10.8 Å². The second kappa shape index (κ2) is 9.33. The maximum absolute atomic E-state index is 2.40. The third-order valence-electron chi connectivity index (χ3n) is 3.63. The maximum Gasteiger partial charge on any atom is 0 e. The van der Waals surface area contributed by atoms with Gasteiger partial charge in [-0.3, -0.25) is 0 Å². The Labute approximate surface area is 154 Å². The van der Waals surface area contributed by atoms with E-state index in [1.165, 1.54) is 27.5 Å². The topological polar surface area (TPSA) is 0 Å². The molecule has 3 heteroatoms. The summed E-state index contributed by atoms with van der Waals surface area (Å²) in [5.41, 5.74) is 4.43. The molecule has 2 aromatic rings. The fourth-order valence-corrected chi connectivity index (χ4v) is 2.45. The average Bonchev–Trinajstić information content (AvgIpc) is 2.69. The van der Waals surface area contributed by atoms with Crippen molar-refractivity contribution in [3.8, 4) is 0 Å². The molecular formula is C17H23Cl2Hf-3. The van der Waals surface area contributed by atoms with Crippen LogP contribution in [-0.2, 0) is 32.3 Å². The molecule has 0 N–H and O–H groups in total. The van der Waals surface area contributed by atoms with Crippen molar-refractivity contribution in [1.82, 2.24) is 0 Å². The minimum absolute atomic E-state index is 0.